The topological polar surface area (TPSA) is 43.1 Å². The second-order valence-corrected chi connectivity index (χ2v) is 5.74. The lowest BCUT2D eigenvalue weighted by atomic mass is 10.2. The Morgan fingerprint density at radius 1 is 1.16 bits per heavy atom. The molecule has 0 fully saturated rings. The molecule has 1 atom stereocenters. The summed E-state index contributed by atoms with van der Waals surface area (Å²) in [5.41, 5.74) is 6.03. The molecule has 2 aromatic rings. The Morgan fingerprint density at radius 3 is 2.58 bits per heavy atom. The molecule has 0 saturated heterocycles. The maximum atomic E-state index is 13.5. The molecule has 0 aliphatic heterocycles. The fraction of sp³-hybridized carbons (Fsp3) is 0.0769. The van der Waals surface area contributed by atoms with Gasteiger partial charge in [0.25, 0.3) is 0 Å². The first-order chi connectivity index (χ1) is 8.97. The zero-order valence-corrected chi connectivity index (χ0v) is 11.3. The molecule has 0 saturated carbocycles. The van der Waals surface area contributed by atoms with Crippen LogP contribution < -0.4 is 5.73 Å². The molecular formula is C13H10ClF2NOS. The molecule has 0 aliphatic rings. The van der Waals surface area contributed by atoms with Crippen molar-refractivity contribution >= 4 is 28.1 Å². The number of hydrogen-bond donors (Lipinski definition) is 1. The zero-order valence-electron chi connectivity index (χ0n) is 9.70. The molecule has 6 heteroatoms. The summed E-state index contributed by atoms with van der Waals surface area (Å²) in [6, 6.07) is 7.59. The van der Waals surface area contributed by atoms with Gasteiger partial charge in [0.1, 0.15) is 11.6 Å². The average molecular weight is 302 g/mol. The fourth-order valence-corrected chi connectivity index (χ4v) is 3.18. The zero-order chi connectivity index (χ0) is 14.0. The first kappa shape index (κ1) is 14.0. The van der Waals surface area contributed by atoms with Gasteiger partial charge in [0.15, 0.2) is 0 Å². The summed E-state index contributed by atoms with van der Waals surface area (Å²) in [7, 11) is -1.57. The lowest BCUT2D eigenvalue weighted by molar-refractivity contribution is 0.590. The Kier molecular flexibility index (Phi) is 4.17. The minimum atomic E-state index is -1.57. The van der Waals surface area contributed by atoms with Crippen LogP contribution in [0.5, 0.6) is 0 Å². The van der Waals surface area contributed by atoms with Crippen molar-refractivity contribution in [3.05, 3.63) is 58.6 Å². The van der Waals surface area contributed by atoms with Crippen LogP contribution in [0, 0.1) is 11.6 Å². The molecule has 100 valence electrons. The van der Waals surface area contributed by atoms with Crippen LogP contribution in [0.4, 0.5) is 14.5 Å². The maximum Gasteiger partial charge on any atom is 0.127 e. The van der Waals surface area contributed by atoms with E-state index in [1.54, 1.807) is 6.07 Å². The third-order valence-corrected chi connectivity index (χ3v) is 4.34. The van der Waals surface area contributed by atoms with Crippen molar-refractivity contribution in [3.8, 4) is 0 Å². The molecule has 2 rings (SSSR count). The lowest BCUT2D eigenvalue weighted by Crippen LogP contribution is -2.01. The van der Waals surface area contributed by atoms with Crippen molar-refractivity contribution in [2.45, 2.75) is 10.6 Å². The molecule has 0 bridgehead atoms. The Bertz CT molecular complexity index is 649. The molecule has 0 aliphatic carbocycles. The maximum absolute atomic E-state index is 13.5. The Morgan fingerprint density at radius 2 is 1.89 bits per heavy atom. The summed E-state index contributed by atoms with van der Waals surface area (Å²) >= 11 is 5.92. The molecule has 19 heavy (non-hydrogen) atoms. The fourth-order valence-electron chi connectivity index (χ4n) is 1.57. The number of halogens is 3. The van der Waals surface area contributed by atoms with Gasteiger partial charge >= 0.3 is 0 Å². The van der Waals surface area contributed by atoms with Gasteiger partial charge < -0.3 is 5.73 Å². The largest absolute Gasteiger partial charge is 0.399 e. The van der Waals surface area contributed by atoms with Crippen molar-refractivity contribution < 1.29 is 13.0 Å². The van der Waals surface area contributed by atoms with E-state index in [1.807, 2.05) is 0 Å². The van der Waals surface area contributed by atoms with Gasteiger partial charge in [-0.3, -0.25) is 4.21 Å². The van der Waals surface area contributed by atoms with Gasteiger partial charge in [0.05, 0.1) is 26.5 Å². The molecule has 0 amide bonds. The summed E-state index contributed by atoms with van der Waals surface area (Å²) in [5.74, 6) is -1.31. The van der Waals surface area contributed by atoms with Crippen molar-refractivity contribution in [3.63, 3.8) is 0 Å². The van der Waals surface area contributed by atoms with Gasteiger partial charge in [0, 0.05) is 11.3 Å². The number of benzene rings is 2. The highest BCUT2D eigenvalue weighted by Gasteiger charge is 2.13. The SMILES string of the molecule is Nc1ccc(S(=O)Cc2cc(F)ccc2F)c(Cl)c1. The second-order valence-electron chi connectivity index (χ2n) is 3.92. The van der Waals surface area contributed by atoms with Gasteiger partial charge in [0.2, 0.25) is 0 Å². The van der Waals surface area contributed by atoms with Crippen molar-refractivity contribution in [2.75, 3.05) is 5.73 Å². The molecule has 1 unspecified atom stereocenters. The first-order valence-electron chi connectivity index (χ1n) is 5.34. The number of nitrogen functional groups attached to an aromatic ring is 1. The van der Waals surface area contributed by atoms with Crippen molar-refractivity contribution in [2.24, 2.45) is 0 Å². The first-order valence-corrected chi connectivity index (χ1v) is 7.04. The highest BCUT2D eigenvalue weighted by atomic mass is 35.5. The van der Waals surface area contributed by atoms with E-state index < -0.39 is 22.4 Å². The molecule has 2 nitrogen and oxygen atoms in total. The van der Waals surface area contributed by atoms with Crippen LogP contribution in [0.1, 0.15) is 5.56 Å². The minimum Gasteiger partial charge on any atom is -0.399 e. The quantitative estimate of drug-likeness (QED) is 0.882. The third kappa shape index (κ3) is 3.30. The number of anilines is 1. The summed E-state index contributed by atoms with van der Waals surface area (Å²) in [6.07, 6.45) is 0. The van der Waals surface area contributed by atoms with Crippen LogP contribution >= 0.6 is 11.6 Å². The van der Waals surface area contributed by atoms with E-state index in [2.05, 4.69) is 0 Å². The van der Waals surface area contributed by atoms with E-state index in [4.69, 9.17) is 17.3 Å². The number of rotatable bonds is 3. The van der Waals surface area contributed by atoms with Crippen LogP contribution in [-0.2, 0) is 16.6 Å². The van der Waals surface area contributed by atoms with E-state index in [9.17, 15) is 13.0 Å². The minimum absolute atomic E-state index is 0.0474. The molecule has 2 aromatic carbocycles. The molecule has 0 radical (unpaired) electrons. The van der Waals surface area contributed by atoms with Crippen LogP contribution in [0.15, 0.2) is 41.3 Å². The van der Waals surface area contributed by atoms with Gasteiger partial charge in [-0.1, -0.05) is 11.6 Å². The van der Waals surface area contributed by atoms with E-state index in [1.165, 1.54) is 12.1 Å². The molecule has 0 aromatic heterocycles. The van der Waals surface area contributed by atoms with Gasteiger partial charge in [-0.2, -0.15) is 0 Å². The monoisotopic (exact) mass is 301 g/mol. The van der Waals surface area contributed by atoms with E-state index in [0.29, 0.717) is 10.6 Å². The van der Waals surface area contributed by atoms with E-state index in [0.717, 1.165) is 18.2 Å². The lowest BCUT2D eigenvalue weighted by Gasteiger charge is -2.06. The number of hydrogen-bond acceptors (Lipinski definition) is 2. The summed E-state index contributed by atoms with van der Waals surface area (Å²) in [5, 5.41) is 0.246. The van der Waals surface area contributed by atoms with Crippen molar-refractivity contribution in [1.82, 2.24) is 0 Å². The highest BCUT2D eigenvalue weighted by Crippen LogP contribution is 2.25. The molecule has 0 heterocycles. The second kappa shape index (κ2) is 5.67. The Labute approximate surface area is 116 Å². The van der Waals surface area contributed by atoms with Crippen LogP contribution in [0.3, 0.4) is 0 Å². The Balaban J connectivity index is 2.28. The molecular weight excluding hydrogens is 292 g/mol. The van der Waals surface area contributed by atoms with Gasteiger partial charge in [-0.25, -0.2) is 8.78 Å². The smallest absolute Gasteiger partial charge is 0.127 e. The summed E-state index contributed by atoms with van der Waals surface area (Å²) < 4.78 is 38.6. The average Bonchev–Trinajstić information content (AvgIpc) is 2.33. The number of nitrogens with two attached hydrogens (primary N) is 1. The van der Waals surface area contributed by atoms with Crippen LogP contribution in [0.25, 0.3) is 0 Å². The van der Waals surface area contributed by atoms with Gasteiger partial charge in [-0.15, -0.1) is 0 Å². The van der Waals surface area contributed by atoms with Crippen LogP contribution in [0.2, 0.25) is 5.02 Å². The molecule has 2 N–H and O–H groups in total. The predicted octanol–water partition coefficient (Wildman–Crippen LogP) is 3.51. The normalized spacial score (nSPS) is 12.4. The predicted molar refractivity (Wildman–Crippen MR) is 72.3 cm³/mol. The highest BCUT2D eigenvalue weighted by molar-refractivity contribution is 7.84. The standard InChI is InChI=1S/C13H10ClF2NOS/c14-11-6-10(17)2-4-13(11)19(18)7-8-5-9(15)1-3-12(8)16/h1-6H,7,17H2. The van der Waals surface area contributed by atoms with E-state index >= 15 is 0 Å². The molecule has 0 spiro atoms. The summed E-state index contributed by atoms with van der Waals surface area (Å²) in [4.78, 5) is 0.347. The van der Waals surface area contributed by atoms with E-state index in [-0.39, 0.29) is 16.3 Å². The van der Waals surface area contributed by atoms with Crippen LogP contribution in [-0.4, -0.2) is 4.21 Å². The van der Waals surface area contributed by atoms with Crippen molar-refractivity contribution in [1.29, 1.82) is 0 Å². The Hall–Kier alpha value is -1.46. The third-order valence-electron chi connectivity index (χ3n) is 2.50. The summed E-state index contributed by atoms with van der Waals surface area (Å²) in [6.45, 7) is 0. The van der Waals surface area contributed by atoms with Gasteiger partial charge in [-0.05, 0) is 36.4 Å².